The van der Waals surface area contributed by atoms with E-state index in [0.29, 0.717) is 0 Å². The minimum absolute atomic E-state index is 0. The summed E-state index contributed by atoms with van der Waals surface area (Å²) in [4.78, 5) is 0. The molecule has 5 heteroatoms. The van der Waals surface area contributed by atoms with E-state index in [4.69, 9.17) is 11.4 Å². The van der Waals surface area contributed by atoms with Crippen molar-refractivity contribution in [1.29, 1.82) is 0 Å². The van der Waals surface area contributed by atoms with E-state index in [1.807, 2.05) is 0 Å². The molecule has 0 fully saturated rings. The molecular formula is HCrFO3. The molecule has 0 amide bonds. The van der Waals surface area contributed by atoms with E-state index in [1.165, 1.54) is 0 Å². The molecule has 0 atom stereocenters. The molecule has 0 heterocycles. The average Bonchev–Trinajstić information content (AvgIpc) is 0.811. The molecule has 0 aliphatic carbocycles. The van der Waals surface area contributed by atoms with Gasteiger partial charge in [-0.05, 0) is 0 Å². The van der Waals surface area contributed by atoms with Crippen LogP contribution in [0, 0.1) is 0 Å². The van der Waals surface area contributed by atoms with Crippen LogP contribution in [0.1, 0.15) is 0 Å². The van der Waals surface area contributed by atoms with Gasteiger partial charge in [-0.25, -0.2) is 0 Å². The fraction of sp³-hybridized carbons (Fsp3) is 0. The predicted octanol–water partition coefficient (Wildman–Crippen LogP) is -0.206. The Morgan fingerprint density at radius 3 is 1.00 bits per heavy atom. The summed E-state index contributed by atoms with van der Waals surface area (Å²) < 4.78 is 25.6. The van der Waals surface area contributed by atoms with Crippen molar-refractivity contribution in [1.82, 2.24) is 0 Å². The van der Waals surface area contributed by atoms with Gasteiger partial charge in [0.05, 0.1) is 0 Å². The molecule has 0 N–H and O–H groups in total. The van der Waals surface area contributed by atoms with Gasteiger partial charge in [-0.1, -0.05) is 0 Å². The molecule has 5 heavy (non-hydrogen) atoms. The van der Waals surface area contributed by atoms with Gasteiger partial charge >= 0.3 is 25.4 Å². The Kier molecular flexibility index (Phi) is 6.84. The molecule has 0 aromatic carbocycles. The second-order valence-corrected chi connectivity index (χ2v) is 0.842. The van der Waals surface area contributed by atoms with E-state index in [1.54, 1.807) is 0 Å². The van der Waals surface area contributed by atoms with E-state index in [0.717, 1.165) is 0 Å². The van der Waals surface area contributed by atoms with Crippen molar-refractivity contribution in [2.75, 3.05) is 0 Å². The zero-order chi connectivity index (χ0) is 3.58. The molecule has 0 radical (unpaired) electrons. The molecule has 0 spiro atoms. The maximum atomic E-state index is 8.54. The van der Waals surface area contributed by atoms with E-state index >= 15 is 0 Å². The van der Waals surface area contributed by atoms with Crippen molar-refractivity contribution < 1.29 is 30.1 Å². The fourth-order valence-corrected chi connectivity index (χ4v) is 0. The van der Waals surface area contributed by atoms with Gasteiger partial charge in [0.1, 0.15) is 0 Å². The molecule has 0 aliphatic rings. The van der Waals surface area contributed by atoms with Crippen molar-refractivity contribution in [3.05, 3.63) is 0 Å². The van der Waals surface area contributed by atoms with Gasteiger partial charge in [-0.3, -0.25) is 4.70 Å². The van der Waals surface area contributed by atoms with Gasteiger partial charge in [0.2, 0.25) is 0 Å². The van der Waals surface area contributed by atoms with Crippen LogP contribution in [0.5, 0.6) is 0 Å². The van der Waals surface area contributed by atoms with Gasteiger partial charge < -0.3 is 0 Å². The van der Waals surface area contributed by atoms with Crippen molar-refractivity contribution in [3.63, 3.8) is 0 Å². The third-order valence-corrected chi connectivity index (χ3v) is 0. The SMILES string of the molecule is F.[O]=[Cr](=[O])=[O]. The minimum atomic E-state index is -3.79. The van der Waals surface area contributed by atoms with Crippen LogP contribution in [0.2, 0.25) is 0 Å². The van der Waals surface area contributed by atoms with Crippen LogP contribution >= 0.6 is 0 Å². The van der Waals surface area contributed by atoms with E-state index < -0.39 is 14.0 Å². The van der Waals surface area contributed by atoms with Crippen LogP contribution < -0.4 is 0 Å². The predicted molar refractivity (Wildman–Crippen MR) is 4.56 cm³/mol. The second kappa shape index (κ2) is 3.86. The molecular weight excluding hydrogens is 119 g/mol. The summed E-state index contributed by atoms with van der Waals surface area (Å²) >= 11 is -3.79. The van der Waals surface area contributed by atoms with Crippen LogP contribution in [-0.4, -0.2) is 0 Å². The van der Waals surface area contributed by atoms with Crippen molar-refractivity contribution in [2.45, 2.75) is 0 Å². The van der Waals surface area contributed by atoms with Gasteiger partial charge in [0.15, 0.2) is 0 Å². The molecule has 0 rings (SSSR count). The molecule has 0 saturated heterocycles. The second-order valence-electron chi connectivity index (χ2n) is 0.204. The Bertz CT molecular complexity index is 76.3. The van der Waals surface area contributed by atoms with Gasteiger partial charge in [0, 0.05) is 0 Å². The Morgan fingerprint density at radius 2 is 1.00 bits per heavy atom. The molecule has 0 aromatic heterocycles. The van der Waals surface area contributed by atoms with E-state index in [9.17, 15) is 0 Å². The first kappa shape index (κ1) is 8.85. The van der Waals surface area contributed by atoms with Crippen LogP contribution in [0.3, 0.4) is 0 Å². The van der Waals surface area contributed by atoms with Gasteiger partial charge in [-0.15, -0.1) is 0 Å². The Labute approximate surface area is 31.0 Å². The fourth-order valence-electron chi connectivity index (χ4n) is 0. The van der Waals surface area contributed by atoms with Crippen LogP contribution in [0.15, 0.2) is 0 Å². The summed E-state index contributed by atoms with van der Waals surface area (Å²) in [7, 11) is 0. The molecule has 3 nitrogen and oxygen atoms in total. The first-order valence-corrected chi connectivity index (χ1v) is 2.06. The Balaban J connectivity index is 0. The topological polar surface area (TPSA) is 51.2 Å². The summed E-state index contributed by atoms with van der Waals surface area (Å²) in [6.45, 7) is 0. The molecule has 0 saturated carbocycles. The van der Waals surface area contributed by atoms with Gasteiger partial charge in [0.25, 0.3) is 0 Å². The van der Waals surface area contributed by atoms with Crippen molar-refractivity contribution >= 4 is 0 Å². The quantitative estimate of drug-likeness (QED) is 0.444. The summed E-state index contributed by atoms with van der Waals surface area (Å²) in [5.74, 6) is 0. The first-order chi connectivity index (χ1) is 1.73. The summed E-state index contributed by atoms with van der Waals surface area (Å²) in [5, 5.41) is 0. The van der Waals surface area contributed by atoms with Crippen LogP contribution in [0.4, 0.5) is 4.70 Å². The zero-order valence-electron chi connectivity index (χ0n) is 2.04. The average molecular weight is 120 g/mol. The normalized spacial score (nSPS) is 4.80. The van der Waals surface area contributed by atoms with E-state index in [-0.39, 0.29) is 4.70 Å². The molecule has 0 aromatic rings. The number of halogens is 1. The number of hydrogen-bond acceptors (Lipinski definition) is 3. The monoisotopic (exact) mass is 120 g/mol. The summed E-state index contributed by atoms with van der Waals surface area (Å²) in [5.41, 5.74) is 0. The van der Waals surface area contributed by atoms with Crippen LogP contribution in [-0.2, 0) is 25.4 Å². The van der Waals surface area contributed by atoms with Crippen molar-refractivity contribution in [2.24, 2.45) is 0 Å². The summed E-state index contributed by atoms with van der Waals surface area (Å²) in [6.07, 6.45) is 0. The third-order valence-electron chi connectivity index (χ3n) is 0. The molecule has 0 bridgehead atoms. The molecule has 0 unspecified atom stereocenters. The first-order valence-electron chi connectivity index (χ1n) is 0.500. The summed E-state index contributed by atoms with van der Waals surface area (Å²) in [6, 6.07) is 0. The van der Waals surface area contributed by atoms with Gasteiger partial charge in [-0.2, -0.15) is 0 Å². The maximum absolute atomic E-state index is 8.54. The van der Waals surface area contributed by atoms with E-state index in [2.05, 4.69) is 0 Å². The number of rotatable bonds is 0. The molecule has 0 aliphatic heterocycles. The molecule has 32 valence electrons. The van der Waals surface area contributed by atoms with Crippen molar-refractivity contribution in [3.8, 4) is 0 Å². The Morgan fingerprint density at radius 1 is 1.00 bits per heavy atom. The standard InChI is InChI=1S/Cr.FH.3O/h;1H;;;. The number of hydrogen-bond donors (Lipinski definition) is 0. The third kappa shape index (κ3) is 708. The Hall–Kier alpha value is -0.138. The van der Waals surface area contributed by atoms with Crippen LogP contribution in [0.25, 0.3) is 0 Å². The zero-order valence-corrected chi connectivity index (χ0v) is 3.32.